The first kappa shape index (κ1) is 39.9. The minimum Gasteiger partial charge on any atom is -0.281 e. The lowest BCUT2D eigenvalue weighted by atomic mass is 9.86. The summed E-state index contributed by atoms with van der Waals surface area (Å²) in [6.07, 6.45) is -7.26. The van der Waals surface area contributed by atoms with Crippen molar-refractivity contribution in [1.82, 2.24) is 0 Å². The molecular formula is C13HF25O3S. The number of rotatable bonds is 11. The van der Waals surface area contributed by atoms with Crippen molar-refractivity contribution in [3.8, 4) is 0 Å². The van der Waals surface area contributed by atoms with Crippen LogP contribution >= 0.6 is 0 Å². The second-order valence-electron chi connectivity index (χ2n) is 7.29. The van der Waals surface area contributed by atoms with E-state index >= 15 is 0 Å². The molecule has 0 aromatic carbocycles. The summed E-state index contributed by atoms with van der Waals surface area (Å²) in [5.41, 5.74) is 0. The van der Waals surface area contributed by atoms with Gasteiger partial charge in [0.05, 0.1) is 0 Å². The van der Waals surface area contributed by atoms with Gasteiger partial charge in [-0.05, 0) is 0 Å². The Morgan fingerprint density at radius 2 is 0.595 bits per heavy atom. The molecule has 0 fully saturated rings. The normalized spacial score (nSPS) is 17.4. The van der Waals surface area contributed by atoms with Gasteiger partial charge in [0.25, 0.3) is 0 Å². The highest BCUT2D eigenvalue weighted by Gasteiger charge is 2.98. The third-order valence-corrected chi connectivity index (χ3v) is 5.47. The topological polar surface area (TPSA) is 54.4 Å². The minimum atomic E-state index is -9.68. The Bertz CT molecular complexity index is 1170. The first-order chi connectivity index (χ1) is 17.6. The fourth-order valence-corrected chi connectivity index (χ4v) is 2.58. The zero-order valence-electron chi connectivity index (χ0n) is 17.6. The van der Waals surface area contributed by atoms with E-state index in [1.807, 2.05) is 0 Å². The summed E-state index contributed by atoms with van der Waals surface area (Å²) in [6, 6.07) is 0. The van der Waals surface area contributed by atoms with Crippen molar-refractivity contribution in [3.63, 3.8) is 0 Å². The lowest BCUT2D eigenvalue weighted by Crippen LogP contribution is -2.77. The molecule has 252 valence electrons. The average Bonchev–Trinajstić information content (AvgIpc) is 2.75. The SMILES string of the molecule is O=S(=O)(O)C(F)(F)C(F)(F)C(F)(F)C(F)(F)C(F)(F)C(F)(F)C(F)(F)C(F)(F)C(F)(F)C(F)(F)/C(F)=C(\F)C(F)(F)F. The third kappa shape index (κ3) is 4.78. The van der Waals surface area contributed by atoms with Gasteiger partial charge < -0.3 is 0 Å². The van der Waals surface area contributed by atoms with Crippen LogP contribution in [0, 0.1) is 0 Å². The molecule has 0 heterocycles. The molecule has 0 saturated carbocycles. The first-order valence-electron chi connectivity index (χ1n) is 8.44. The van der Waals surface area contributed by atoms with Gasteiger partial charge in [0, 0.05) is 0 Å². The maximum atomic E-state index is 13.6. The molecule has 0 rings (SSSR count). The molecule has 0 aliphatic rings. The summed E-state index contributed by atoms with van der Waals surface area (Å²) in [6.45, 7) is 0. The Balaban J connectivity index is 7.47. The lowest BCUT2D eigenvalue weighted by Gasteiger charge is -2.44. The average molecular weight is 712 g/mol. The molecule has 0 aliphatic carbocycles. The van der Waals surface area contributed by atoms with E-state index in [9.17, 15) is 118 Å². The van der Waals surface area contributed by atoms with Crippen molar-refractivity contribution in [3.05, 3.63) is 11.7 Å². The molecule has 0 aromatic heterocycles. The fraction of sp³-hybridized carbons (Fsp3) is 0.846. The molecule has 0 saturated heterocycles. The van der Waals surface area contributed by atoms with Crippen molar-refractivity contribution in [2.75, 3.05) is 0 Å². The number of hydrogen-bond donors (Lipinski definition) is 1. The summed E-state index contributed by atoms with van der Waals surface area (Å²) >= 11 is 0. The van der Waals surface area contributed by atoms with E-state index in [1.54, 1.807) is 0 Å². The van der Waals surface area contributed by atoms with E-state index in [4.69, 9.17) is 4.55 Å². The second kappa shape index (κ2) is 9.70. The van der Waals surface area contributed by atoms with E-state index in [0.29, 0.717) is 0 Å². The van der Waals surface area contributed by atoms with Gasteiger partial charge >= 0.3 is 74.9 Å². The molecule has 42 heavy (non-hydrogen) atoms. The lowest BCUT2D eigenvalue weighted by molar-refractivity contribution is -0.465. The van der Waals surface area contributed by atoms with E-state index < -0.39 is 86.5 Å². The first-order valence-corrected chi connectivity index (χ1v) is 9.88. The second-order valence-corrected chi connectivity index (χ2v) is 8.75. The summed E-state index contributed by atoms with van der Waals surface area (Å²) in [4.78, 5) is 0. The standard InChI is InChI=1S/C13HF25O3S/c14-1(2(15)4(18,19)20)3(16,17)5(21,22)6(23,24)7(25,26)8(27,28)9(29,30)10(31,32)11(33,34)12(35,36)13(37,38)42(39,40)41/h(H,39,40,41)/b2-1+. The van der Waals surface area contributed by atoms with Gasteiger partial charge in [-0.15, -0.1) is 0 Å². The molecule has 0 amide bonds. The maximum Gasteiger partial charge on any atom is 0.445 e. The summed E-state index contributed by atoms with van der Waals surface area (Å²) in [5.74, 6) is -94.6. The van der Waals surface area contributed by atoms with E-state index in [1.165, 1.54) is 0 Å². The minimum absolute atomic E-state index is 5.23. The zero-order valence-corrected chi connectivity index (χ0v) is 18.4. The Kier molecular flexibility index (Phi) is 9.21. The molecule has 1 N–H and O–H groups in total. The van der Waals surface area contributed by atoms with Crippen LogP contribution in [0.25, 0.3) is 0 Å². The van der Waals surface area contributed by atoms with Crippen LogP contribution in [-0.4, -0.2) is 77.7 Å². The Hall–Kier alpha value is -2.10. The fourth-order valence-electron chi connectivity index (χ4n) is 2.13. The highest BCUT2D eigenvalue weighted by molar-refractivity contribution is 7.87. The molecular weight excluding hydrogens is 711 g/mol. The highest BCUT2D eigenvalue weighted by atomic mass is 32.2. The quantitative estimate of drug-likeness (QED) is 0.175. The van der Waals surface area contributed by atoms with Crippen LogP contribution in [0.15, 0.2) is 11.7 Å². The molecule has 0 aliphatic heterocycles. The Labute approximate surface area is 210 Å². The van der Waals surface area contributed by atoms with Crippen molar-refractivity contribution >= 4 is 10.1 Å². The van der Waals surface area contributed by atoms with Crippen LogP contribution < -0.4 is 0 Å². The van der Waals surface area contributed by atoms with Crippen LogP contribution in [0.4, 0.5) is 110 Å². The molecule has 0 atom stereocenters. The predicted molar refractivity (Wildman–Crippen MR) is 76.3 cm³/mol. The Morgan fingerprint density at radius 1 is 0.381 bits per heavy atom. The molecule has 29 heteroatoms. The predicted octanol–water partition coefficient (Wildman–Crippen LogP) is 7.90. The Morgan fingerprint density at radius 3 is 0.810 bits per heavy atom. The van der Waals surface area contributed by atoms with Crippen LogP contribution in [0.3, 0.4) is 0 Å². The van der Waals surface area contributed by atoms with Gasteiger partial charge in [0.2, 0.25) is 11.7 Å². The third-order valence-electron chi connectivity index (χ3n) is 4.56. The number of hydrogen-bond acceptors (Lipinski definition) is 2. The van der Waals surface area contributed by atoms with Gasteiger partial charge in [-0.1, -0.05) is 0 Å². The van der Waals surface area contributed by atoms with E-state index in [2.05, 4.69) is 0 Å². The maximum absolute atomic E-state index is 13.6. The van der Waals surface area contributed by atoms with Crippen LogP contribution in [0.5, 0.6) is 0 Å². The van der Waals surface area contributed by atoms with Crippen LogP contribution in [-0.2, 0) is 10.1 Å². The molecule has 0 unspecified atom stereocenters. The number of allylic oxidation sites excluding steroid dienone is 2. The number of alkyl halides is 23. The van der Waals surface area contributed by atoms with Crippen molar-refractivity contribution in [2.45, 2.75) is 64.7 Å². The largest absolute Gasteiger partial charge is 0.445 e. The van der Waals surface area contributed by atoms with E-state index in [0.717, 1.165) is 0 Å². The molecule has 0 radical (unpaired) electrons. The summed E-state index contributed by atoms with van der Waals surface area (Å²) in [5, 5.41) is -8.20. The van der Waals surface area contributed by atoms with Gasteiger partial charge in [0.15, 0.2) is 0 Å². The summed E-state index contributed by atoms with van der Waals surface area (Å²) in [7, 11) is -8.23. The van der Waals surface area contributed by atoms with Gasteiger partial charge in [-0.25, -0.2) is 4.39 Å². The van der Waals surface area contributed by atoms with Gasteiger partial charge in [-0.3, -0.25) is 4.55 Å². The zero-order chi connectivity index (χ0) is 35.2. The van der Waals surface area contributed by atoms with Gasteiger partial charge in [-0.2, -0.15) is 114 Å². The molecule has 0 spiro atoms. The van der Waals surface area contributed by atoms with Crippen LogP contribution in [0.2, 0.25) is 0 Å². The molecule has 3 nitrogen and oxygen atoms in total. The highest BCUT2D eigenvalue weighted by Crippen LogP contribution is 2.67. The van der Waals surface area contributed by atoms with E-state index in [-0.39, 0.29) is 0 Å². The van der Waals surface area contributed by atoms with Crippen molar-refractivity contribution in [1.29, 1.82) is 0 Å². The smallest absolute Gasteiger partial charge is 0.281 e. The van der Waals surface area contributed by atoms with Crippen LogP contribution in [0.1, 0.15) is 0 Å². The van der Waals surface area contributed by atoms with Crippen molar-refractivity contribution in [2.24, 2.45) is 0 Å². The molecule has 0 aromatic rings. The van der Waals surface area contributed by atoms with Gasteiger partial charge in [0.1, 0.15) is 0 Å². The molecule has 0 bridgehead atoms. The van der Waals surface area contributed by atoms with Crippen molar-refractivity contribution < 1.29 is 123 Å². The number of halogens is 25. The summed E-state index contributed by atoms with van der Waals surface area (Å²) < 4.78 is 356. The monoisotopic (exact) mass is 712 g/mol.